The van der Waals surface area contributed by atoms with Gasteiger partial charge < -0.3 is 35.8 Å². The van der Waals surface area contributed by atoms with Gasteiger partial charge >= 0.3 is 18.2 Å². The lowest BCUT2D eigenvalue weighted by Gasteiger charge is -2.19. The molecule has 0 saturated carbocycles. The average Bonchev–Trinajstić information content (AvgIpc) is 2.90. The standard InChI is InChI=1S/C33H54N4O8/c1-32(2,3)44-30(42)36-17-11-7-9-13-27(38)34-19-15-24-21-25(23-26(22-24)29(40)41)16-20-35-28(39)14-10-8-12-18-37-31(43)45-33(4,5)6/h21-23H,7-20H2,1-6H3,(H,34,38)(H,35,39)(H,36,42)(H,37,43)(H,40,41). The summed E-state index contributed by atoms with van der Waals surface area (Å²) in [6.07, 6.45) is 5.25. The molecular weight excluding hydrogens is 580 g/mol. The molecule has 0 aliphatic heterocycles. The minimum atomic E-state index is -1.03. The molecule has 0 fully saturated rings. The van der Waals surface area contributed by atoms with Crippen LogP contribution in [0.15, 0.2) is 18.2 Å². The highest BCUT2D eigenvalue weighted by atomic mass is 16.6. The first-order chi connectivity index (χ1) is 21.0. The Morgan fingerprint density at radius 2 is 0.978 bits per heavy atom. The molecule has 0 unspecified atom stereocenters. The minimum absolute atomic E-state index is 0.0771. The van der Waals surface area contributed by atoms with Crippen LogP contribution in [0.1, 0.15) is 114 Å². The van der Waals surface area contributed by atoms with E-state index in [2.05, 4.69) is 21.3 Å². The predicted molar refractivity (Wildman–Crippen MR) is 172 cm³/mol. The van der Waals surface area contributed by atoms with Crippen LogP contribution in [0.2, 0.25) is 0 Å². The second-order valence-electron chi connectivity index (χ2n) is 13.0. The van der Waals surface area contributed by atoms with Crippen molar-refractivity contribution in [3.63, 3.8) is 0 Å². The van der Waals surface area contributed by atoms with E-state index in [1.165, 1.54) is 0 Å². The Kier molecular flexibility index (Phi) is 17.6. The number of benzene rings is 1. The Labute approximate surface area is 267 Å². The molecule has 4 amide bonds. The molecule has 0 radical (unpaired) electrons. The molecule has 0 aliphatic rings. The second kappa shape index (κ2) is 20.2. The molecule has 12 heteroatoms. The zero-order valence-corrected chi connectivity index (χ0v) is 27.9. The molecule has 0 atom stereocenters. The van der Waals surface area contributed by atoms with Gasteiger partial charge in [0.1, 0.15) is 11.2 Å². The van der Waals surface area contributed by atoms with E-state index >= 15 is 0 Å². The normalized spacial score (nSPS) is 11.3. The molecule has 5 N–H and O–H groups in total. The smallest absolute Gasteiger partial charge is 0.407 e. The Bertz CT molecular complexity index is 1030. The molecule has 1 aromatic rings. The van der Waals surface area contributed by atoms with Gasteiger partial charge in [-0.25, -0.2) is 14.4 Å². The van der Waals surface area contributed by atoms with Crippen molar-refractivity contribution >= 4 is 30.0 Å². The van der Waals surface area contributed by atoms with Gasteiger partial charge in [0.2, 0.25) is 11.8 Å². The molecule has 0 aromatic heterocycles. The summed E-state index contributed by atoms with van der Waals surface area (Å²) >= 11 is 0. The summed E-state index contributed by atoms with van der Waals surface area (Å²) in [6.45, 7) is 12.6. The van der Waals surface area contributed by atoms with Crippen molar-refractivity contribution in [3.8, 4) is 0 Å². The number of carboxylic acids is 1. The molecular formula is C33H54N4O8. The first kappa shape index (κ1) is 39.2. The van der Waals surface area contributed by atoms with Crippen LogP contribution < -0.4 is 21.3 Å². The molecule has 0 spiro atoms. The fourth-order valence-electron chi connectivity index (χ4n) is 4.23. The molecule has 0 bridgehead atoms. The van der Waals surface area contributed by atoms with Gasteiger partial charge in [-0.3, -0.25) is 9.59 Å². The molecule has 0 heterocycles. The quantitative estimate of drug-likeness (QED) is 0.134. The number of hydrogen-bond donors (Lipinski definition) is 5. The molecule has 254 valence electrons. The molecule has 0 aliphatic carbocycles. The number of carbonyl (C=O) groups excluding carboxylic acids is 4. The van der Waals surface area contributed by atoms with Crippen molar-refractivity contribution in [2.24, 2.45) is 0 Å². The van der Waals surface area contributed by atoms with Gasteiger partial charge in [0.25, 0.3) is 0 Å². The third-order valence-corrected chi connectivity index (χ3v) is 6.27. The number of ether oxygens (including phenoxy) is 2. The highest BCUT2D eigenvalue weighted by Crippen LogP contribution is 2.13. The highest BCUT2D eigenvalue weighted by Gasteiger charge is 2.16. The Balaban J connectivity index is 2.30. The maximum atomic E-state index is 12.2. The number of carboxylic acid groups (broad SMARTS) is 1. The zero-order chi connectivity index (χ0) is 33.9. The van der Waals surface area contributed by atoms with E-state index in [9.17, 15) is 29.1 Å². The van der Waals surface area contributed by atoms with Gasteiger partial charge in [0, 0.05) is 39.0 Å². The molecule has 1 aromatic carbocycles. The third kappa shape index (κ3) is 21.5. The maximum Gasteiger partial charge on any atom is 0.407 e. The Morgan fingerprint density at radius 3 is 1.33 bits per heavy atom. The fraction of sp³-hybridized carbons (Fsp3) is 0.667. The lowest BCUT2D eigenvalue weighted by atomic mass is 10.0. The fourth-order valence-corrected chi connectivity index (χ4v) is 4.23. The highest BCUT2D eigenvalue weighted by molar-refractivity contribution is 5.88. The molecule has 45 heavy (non-hydrogen) atoms. The largest absolute Gasteiger partial charge is 0.478 e. The van der Waals surface area contributed by atoms with E-state index in [-0.39, 0.29) is 17.4 Å². The number of nitrogens with one attached hydrogen (secondary N) is 4. The summed E-state index contributed by atoms with van der Waals surface area (Å²) in [5.74, 6) is -1.19. The number of alkyl carbamates (subject to hydrolysis) is 2. The van der Waals surface area contributed by atoms with E-state index in [0.29, 0.717) is 64.7 Å². The lowest BCUT2D eigenvalue weighted by Crippen LogP contribution is -2.33. The Morgan fingerprint density at radius 1 is 0.578 bits per heavy atom. The number of hydrogen-bond acceptors (Lipinski definition) is 7. The van der Waals surface area contributed by atoms with E-state index in [0.717, 1.165) is 36.8 Å². The van der Waals surface area contributed by atoms with Gasteiger partial charge in [-0.15, -0.1) is 0 Å². The molecule has 1 rings (SSSR count). The van der Waals surface area contributed by atoms with Crippen LogP contribution in [0.5, 0.6) is 0 Å². The van der Waals surface area contributed by atoms with Gasteiger partial charge in [0.05, 0.1) is 5.56 Å². The van der Waals surface area contributed by atoms with E-state index in [4.69, 9.17) is 9.47 Å². The van der Waals surface area contributed by atoms with Gasteiger partial charge in [0.15, 0.2) is 0 Å². The summed E-state index contributed by atoms with van der Waals surface area (Å²) in [4.78, 5) is 59.4. The first-order valence-electron chi connectivity index (χ1n) is 15.9. The number of unbranched alkanes of at least 4 members (excludes halogenated alkanes) is 4. The Hall–Kier alpha value is -3.83. The van der Waals surface area contributed by atoms with Crippen molar-refractivity contribution in [1.29, 1.82) is 0 Å². The molecule has 0 saturated heterocycles. The summed E-state index contributed by atoms with van der Waals surface area (Å²) in [6, 6.07) is 5.11. The number of rotatable bonds is 19. The summed E-state index contributed by atoms with van der Waals surface area (Å²) in [7, 11) is 0. The van der Waals surface area contributed by atoms with Crippen molar-refractivity contribution in [1.82, 2.24) is 21.3 Å². The first-order valence-corrected chi connectivity index (χ1v) is 15.9. The van der Waals surface area contributed by atoms with Crippen LogP contribution >= 0.6 is 0 Å². The SMILES string of the molecule is CC(C)(C)OC(=O)NCCCCCC(=O)NCCc1cc(CCNC(=O)CCCCCNC(=O)OC(C)(C)C)cc(C(=O)O)c1. The van der Waals surface area contributed by atoms with E-state index < -0.39 is 29.4 Å². The number of amides is 4. The van der Waals surface area contributed by atoms with Gasteiger partial charge in [-0.05, 0) is 103 Å². The van der Waals surface area contributed by atoms with Crippen LogP contribution in [0, 0.1) is 0 Å². The lowest BCUT2D eigenvalue weighted by molar-refractivity contribution is -0.122. The van der Waals surface area contributed by atoms with Gasteiger partial charge in [-0.1, -0.05) is 18.9 Å². The average molecular weight is 635 g/mol. The van der Waals surface area contributed by atoms with Gasteiger partial charge in [-0.2, -0.15) is 0 Å². The van der Waals surface area contributed by atoms with Crippen LogP contribution in [0.25, 0.3) is 0 Å². The van der Waals surface area contributed by atoms with Crippen LogP contribution in [0.4, 0.5) is 9.59 Å². The van der Waals surface area contributed by atoms with Crippen LogP contribution in [-0.2, 0) is 31.9 Å². The summed E-state index contributed by atoms with van der Waals surface area (Å²) < 4.78 is 10.4. The zero-order valence-electron chi connectivity index (χ0n) is 27.9. The van der Waals surface area contributed by atoms with E-state index in [1.54, 1.807) is 53.7 Å². The second-order valence-corrected chi connectivity index (χ2v) is 13.0. The van der Waals surface area contributed by atoms with E-state index in [1.807, 2.05) is 6.07 Å². The van der Waals surface area contributed by atoms with Crippen molar-refractivity contribution in [2.75, 3.05) is 26.2 Å². The summed E-state index contributed by atoms with van der Waals surface area (Å²) in [5.41, 5.74) is 0.682. The van der Waals surface area contributed by atoms with Crippen molar-refractivity contribution < 1.29 is 38.6 Å². The third-order valence-electron chi connectivity index (χ3n) is 6.27. The minimum Gasteiger partial charge on any atom is -0.478 e. The monoisotopic (exact) mass is 634 g/mol. The van der Waals surface area contributed by atoms with Crippen LogP contribution in [0.3, 0.4) is 0 Å². The maximum absolute atomic E-state index is 12.2. The number of carbonyl (C=O) groups is 5. The topological polar surface area (TPSA) is 172 Å². The van der Waals surface area contributed by atoms with Crippen molar-refractivity contribution in [3.05, 3.63) is 34.9 Å². The van der Waals surface area contributed by atoms with Crippen molar-refractivity contribution in [2.45, 2.75) is 117 Å². The van der Waals surface area contributed by atoms with Crippen LogP contribution in [-0.4, -0.2) is 72.5 Å². The number of aromatic carboxylic acids is 1. The molecule has 12 nitrogen and oxygen atoms in total. The summed E-state index contributed by atoms with van der Waals surface area (Å²) in [5, 5.41) is 20.7. The predicted octanol–water partition coefficient (Wildman–Crippen LogP) is 4.87.